The summed E-state index contributed by atoms with van der Waals surface area (Å²) in [5.41, 5.74) is 1.95. The predicted molar refractivity (Wildman–Crippen MR) is 70.3 cm³/mol. The summed E-state index contributed by atoms with van der Waals surface area (Å²) in [7, 11) is 2.13. The molecule has 94 valence electrons. The molecule has 17 heavy (non-hydrogen) atoms. The number of anilines is 1. The molecular weight excluding hydrogens is 239 g/mol. The van der Waals surface area contributed by atoms with Crippen molar-refractivity contribution in [1.29, 1.82) is 0 Å². The number of rotatable bonds is 2. The summed E-state index contributed by atoms with van der Waals surface area (Å²) in [5, 5.41) is 0. The van der Waals surface area contributed by atoms with Gasteiger partial charge in [0.25, 0.3) is 0 Å². The molecule has 2 nitrogen and oxygen atoms in total. The molecule has 1 heterocycles. The SMILES string of the molecule is CC1CN(c2ccc(F)cc2CCl)CCN1C. The number of nitrogens with zero attached hydrogens (tertiary/aromatic N) is 2. The second-order valence-corrected chi connectivity index (χ2v) is 4.95. The predicted octanol–water partition coefficient (Wildman–Crippen LogP) is 2.70. The standard InChI is InChI=1S/C13H18ClFN2/c1-10-9-17(6-5-16(10)2)13-4-3-12(15)7-11(13)8-14/h3-4,7,10H,5-6,8-9H2,1-2H3. The third kappa shape index (κ3) is 2.72. The number of alkyl halides is 1. The first-order valence-electron chi connectivity index (χ1n) is 5.91. The average molecular weight is 257 g/mol. The van der Waals surface area contributed by atoms with Gasteiger partial charge < -0.3 is 9.80 Å². The largest absolute Gasteiger partial charge is 0.368 e. The van der Waals surface area contributed by atoms with Crippen molar-refractivity contribution in [2.24, 2.45) is 0 Å². The molecule has 4 heteroatoms. The van der Waals surface area contributed by atoms with Gasteiger partial charge in [0.1, 0.15) is 5.82 Å². The van der Waals surface area contributed by atoms with Crippen LogP contribution in [-0.4, -0.2) is 37.6 Å². The smallest absolute Gasteiger partial charge is 0.123 e. The maximum absolute atomic E-state index is 13.2. The summed E-state index contributed by atoms with van der Waals surface area (Å²) in [6.45, 7) is 5.17. The van der Waals surface area contributed by atoms with Crippen molar-refractivity contribution in [1.82, 2.24) is 4.90 Å². The van der Waals surface area contributed by atoms with Crippen LogP contribution in [0.2, 0.25) is 0 Å². The van der Waals surface area contributed by atoms with Crippen molar-refractivity contribution in [2.75, 3.05) is 31.6 Å². The Morgan fingerprint density at radius 2 is 2.18 bits per heavy atom. The molecule has 0 aliphatic carbocycles. The number of hydrogen-bond acceptors (Lipinski definition) is 2. The third-order valence-electron chi connectivity index (χ3n) is 3.49. The van der Waals surface area contributed by atoms with E-state index in [4.69, 9.17) is 11.6 Å². The van der Waals surface area contributed by atoms with E-state index in [0.717, 1.165) is 30.9 Å². The lowest BCUT2D eigenvalue weighted by Gasteiger charge is -2.39. The molecule has 0 radical (unpaired) electrons. The third-order valence-corrected chi connectivity index (χ3v) is 3.77. The summed E-state index contributed by atoms with van der Waals surface area (Å²) in [4.78, 5) is 4.63. The van der Waals surface area contributed by atoms with Gasteiger partial charge in [-0.05, 0) is 37.7 Å². The Hall–Kier alpha value is -0.800. The normalized spacial score (nSPS) is 21.9. The van der Waals surface area contributed by atoms with Gasteiger partial charge >= 0.3 is 0 Å². The molecular formula is C13H18ClFN2. The highest BCUT2D eigenvalue weighted by Crippen LogP contribution is 2.25. The van der Waals surface area contributed by atoms with Crippen molar-refractivity contribution < 1.29 is 4.39 Å². The van der Waals surface area contributed by atoms with E-state index in [-0.39, 0.29) is 5.82 Å². The monoisotopic (exact) mass is 256 g/mol. The lowest BCUT2D eigenvalue weighted by atomic mass is 10.1. The number of benzene rings is 1. The van der Waals surface area contributed by atoms with Crippen molar-refractivity contribution in [3.05, 3.63) is 29.6 Å². The van der Waals surface area contributed by atoms with Gasteiger partial charge in [-0.25, -0.2) is 4.39 Å². The molecule has 0 spiro atoms. The van der Waals surface area contributed by atoms with Crippen molar-refractivity contribution >= 4 is 17.3 Å². The summed E-state index contributed by atoms with van der Waals surface area (Å²) < 4.78 is 13.2. The maximum Gasteiger partial charge on any atom is 0.123 e. The van der Waals surface area contributed by atoms with Crippen molar-refractivity contribution in [3.8, 4) is 0 Å². The Labute approximate surface area is 107 Å². The van der Waals surface area contributed by atoms with Crippen LogP contribution < -0.4 is 4.90 Å². The zero-order valence-electron chi connectivity index (χ0n) is 10.3. The Morgan fingerprint density at radius 3 is 2.82 bits per heavy atom. The zero-order chi connectivity index (χ0) is 12.4. The molecule has 1 fully saturated rings. The van der Waals surface area contributed by atoms with E-state index >= 15 is 0 Å². The van der Waals surface area contributed by atoms with E-state index in [9.17, 15) is 4.39 Å². The number of piperazine rings is 1. The van der Waals surface area contributed by atoms with Gasteiger partial charge in [0.05, 0.1) is 0 Å². The molecule has 0 N–H and O–H groups in total. The maximum atomic E-state index is 13.2. The van der Waals surface area contributed by atoms with Crippen LogP contribution in [0.1, 0.15) is 12.5 Å². The number of halogens is 2. The molecule has 1 aromatic rings. The fourth-order valence-electron chi connectivity index (χ4n) is 2.24. The van der Waals surface area contributed by atoms with E-state index in [1.54, 1.807) is 0 Å². The first kappa shape index (κ1) is 12.7. The lowest BCUT2D eigenvalue weighted by molar-refractivity contribution is 0.234. The molecule has 0 aromatic heterocycles. The van der Waals surface area contributed by atoms with Gasteiger partial charge in [0, 0.05) is 37.2 Å². The molecule has 1 aromatic carbocycles. The second kappa shape index (κ2) is 5.23. The first-order chi connectivity index (χ1) is 8.11. The Bertz CT molecular complexity index is 397. The van der Waals surface area contributed by atoms with Crippen LogP contribution in [0.4, 0.5) is 10.1 Å². The second-order valence-electron chi connectivity index (χ2n) is 4.68. The highest BCUT2D eigenvalue weighted by Gasteiger charge is 2.22. The molecule has 0 amide bonds. The molecule has 1 aliphatic rings. The minimum atomic E-state index is -0.216. The highest BCUT2D eigenvalue weighted by molar-refractivity contribution is 6.17. The van der Waals surface area contributed by atoms with Crippen LogP contribution >= 0.6 is 11.6 Å². The molecule has 0 bridgehead atoms. The molecule has 0 saturated carbocycles. The quantitative estimate of drug-likeness (QED) is 0.751. The first-order valence-corrected chi connectivity index (χ1v) is 6.45. The minimum absolute atomic E-state index is 0.216. The van der Waals surface area contributed by atoms with Gasteiger partial charge in [0.2, 0.25) is 0 Å². The number of hydrogen-bond donors (Lipinski definition) is 0. The van der Waals surface area contributed by atoms with Gasteiger partial charge in [-0.2, -0.15) is 0 Å². The fraction of sp³-hybridized carbons (Fsp3) is 0.538. The van der Waals surface area contributed by atoms with Crippen LogP contribution in [0, 0.1) is 5.82 Å². The Balaban J connectivity index is 2.22. The van der Waals surface area contributed by atoms with Gasteiger partial charge in [-0.15, -0.1) is 11.6 Å². The highest BCUT2D eigenvalue weighted by atomic mass is 35.5. The van der Waals surface area contributed by atoms with E-state index < -0.39 is 0 Å². The summed E-state index contributed by atoms with van der Waals surface area (Å²) in [5.74, 6) is 0.139. The molecule has 1 aliphatic heterocycles. The van der Waals surface area contributed by atoms with Crippen molar-refractivity contribution in [2.45, 2.75) is 18.8 Å². The lowest BCUT2D eigenvalue weighted by Crippen LogP contribution is -2.50. The van der Waals surface area contributed by atoms with Gasteiger partial charge in [-0.1, -0.05) is 0 Å². The van der Waals surface area contributed by atoms with Crippen LogP contribution in [0.15, 0.2) is 18.2 Å². The van der Waals surface area contributed by atoms with Gasteiger partial charge in [0.15, 0.2) is 0 Å². The summed E-state index contributed by atoms with van der Waals surface area (Å²) in [6.07, 6.45) is 0. The fourth-order valence-corrected chi connectivity index (χ4v) is 2.45. The summed E-state index contributed by atoms with van der Waals surface area (Å²) >= 11 is 5.88. The minimum Gasteiger partial charge on any atom is -0.368 e. The molecule has 1 atom stereocenters. The Kier molecular flexibility index (Phi) is 3.89. The molecule has 1 saturated heterocycles. The van der Waals surface area contributed by atoms with E-state index in [1.165, 1.54) is 12.1 Å². The van der Waals surface area contributed by atoms with Crippen LogP contribution in [-0.2, 0) is 5.88 Å². The zero-order valence-corrected chi connectivity index (χ0v) is 11.0. The average Bonchev–Trinajstić information content (AvgIpc) is 2.32. The van der Waals surface area contributed by atoms with Crippen LogP contribution in [0.5, 0.6) is 0 Å². The van der Waals surface area contributed by atoms with E-state index in [2.05, 4.69) is 23.8 Å². The van der Waals surface area contributed by atoms with Gasteiger partial charge in [-0.3, -0.25) is 0 Å². The van der Waals surface area contributed by atoms with Crippen molar-refractivity contribution in [3.63, 3.8) is 0 Å². The van der Waals surface area contributed by atoms with Crippen LogP contribution in [0.3, 0.4) is 0 Å². The topological polar surface area (TPSA) is 6.48 Å². The number of likely N-dealkylation sites (N-methyl/N-ethyl adjacent to an activating group) is 1. The Morgan fingerprint density at radius 1 is 1.41 bits per heavy atom. The van der Waals surface area contributed by atoms with E-state index in [0.29, 0.717) is 11.9 Å². The molecule has 2 rings (SSSR count). The summed E-state index contributed by atoms with van der Waals surface area (Å²) in [6, 6.07) is 5.39. The van der Waals surface area contributed by atoms with E-state index in [1.807, 2.05) is 6.07 Å². The van der Waals surface area contributed by atoms with Crippen LogP contribution in [0.25, 0.3) is 0 Å². The molecule has 1 unspecified atom stereocenters.